The zero-order valence-electron chi connectivity index (χ0n) is 26.5. The molecule has 3 atom stereocenters. The first-order valence-electron chi connectivity index (χ1n) is 15.9. The first-order chi connectivity index (χ1) is 23.0. The van der Waals surface area contributed by atoms with Crippen LogP contribution in [0.3, 0.4) is 0 Å². The third kappa shape index (κ3) is 7.21. The van der Waals surface area contributed by atoms with E-state index in [9.17, 15) is 19.1 Å². The molecule has 10 nitrogen and oxygen atoms in total. The monoisotopic (exact) mass is 654 g/mol. The van der Waals surface area contributed by atoms with Gasteiger partial charge in [-0.2, -0.15) is 0 Å². The smallest absolute Gasteiger partial charge is 0.280 e. The average molecular weight is 655 g/mol. The molecule has 1 saturated carbocycles. The van der Waals surface area contributed by atoms with E-state index in [1.807, 2.05) is 30.3 Å². The second-order valence-electron chi connectivity index (χ2n) is 12.6. The van der Waals surface area contributed by atoms with Gasteiger partial charge in [0.05, 0.1) is 17.8 Å². The van der Waals surface area contributed by atoms with E-state index < -0.39 is 34.5 Å². The number of aliphatic hydroxyl groups is 1. The number of aromatic nitrogens is 4. The minimum absolute atomic E-state index is 0.0652. The van der Waals surface area contributed by atoms with Crippen molar-refractivity contribution in [2.75, 3.05) is 18.8 Å². The van der Waals surface area contributed by atoms with Crippen LogP contribution < -0.4 is 16.0 Å². The van der Waals surface area contributed by atoms with Crippen LogP contribution in [-0.4, -0.2) is 59.8 Å². The van der Waals surface area contributed by atoms with Crippen molar-refractivity contribution in [3.63, 3.8) is 0 Å². The van der Waals surface area contributed by atoms with Crippen LogP contribution in [0.2, 0.25) is 0 Å². The molecule has 3 heterocycles. The number of carbonyl (C=O) groups excluding carboxylic acids is 1. The van der Waals surface area contributed by atoms with Crippen LogP contribution in [0.4, 0.5) is 14.5 Å². The molecule has 1 aliphatic carbocycles. The van der Waals surface area contributed by atoms with Gasteiger partial charge in [0, 0.05) is 37.8 Å². The Labute approximate surface area is 276 Å². The Morgan fingerprint density at radius 1 is 1.06 bits per heavy atom. The van der Waals surface area contributed by atoms with Crippen LogP contribution in [0.5, 0.6) is 11.6 Å². The lowest BCUT2D eigenvalue weighted by Gasteiger charge is -2.43. The Balaban J connectivity index is 1.13. The number of carbonyl (C=O) groups is 1. The summed E-state index contributed by atoms with van der Waals surface area (Å²) < 4.78 is 36.3. The highest BCUT2D eigenvalue weighted by Gasteiger charge is 2.46. The molecule has 3 N–H and O–H groups in total. The number of nitrogens with zero attached hydrogens (tertiary/aromatic N) is 5. The van der Waals surface area contributed by atoms with Crippen molar-refractivity contribution >= 4 is 11.6 Å². The van der Waals surface area contributed by atoms with E-state index in [0.29, 0.717) is 17.8 Å². The highest BCUT2D eigenvalue weighted by molar-refractivity contribution is 5.80. The van der Waals surface area contributed by atoms with Crippen LogP contribution >= 0.6 is 0 Å². The standard InChI is InChI=1S/C36H36F2N6O4/c1-24-30(41-18-17-40-24)12-14-35(38)13-11-28(29(21-35)25-5-3-2-4-6-25)33(45)43-19-15-36(47,16-20-43)22-44-23-42-32(31(39)34(44)46)48-27-9-7-26(37)8-10-27/h2-10,17-18,23,28-29,47H,11,13,15-16,19-22,39H2,1H3/t28-,29+,35+/m1/s1. The number of rotatable bonds is 6. The number of hydrogen-bond donors (Lipinski definition) is 2. The first-order valence-corrected chi connectivity index (χ1v) is 15.9. The normalized spacial score (nSPS) is 22.0. The first kappa shape index (κ1) is 32.8. The quantitative estimate of drug-likeness (QED) is 0.289. The van der Waals surface area contributed by atoms with Crippen LogP contribution in [-0.2, 0) is 11.3 Å². The third-order valence-corrected chi connectivity index (χ3v) is 9.25. The summed E-state index contributed by atoms with van der Waals surface area (Å²) in [6.07, 6.45) is 5.26. The van der Waals surface area contributed by atoms with Crippen molar-refractivity contribution in [2.45, 2.75) is 62.8 Å². The fourth-order valence-electron chi connectivity index (χ4n) is 6.49. The zero-order valence-corrected chi connectivity index (χ0v) is 26.5. The third-order valence-electron chi connectivity index (χ3n) is 9.25. The summed E-state index contributed by atoms with van der Waals surface area (Å²) in [4.78, 5) is 41.3. The molecule has 4 aromatic rings. The molecule has 248 valence electrons. The van der Waals surface area contributed by atoms with Gasteiger partial charge in [-0.25, -0.2) is 18.7 Å². The van der Waals surface area contributed by atoms with Gasteiger partial charge in [0.2, 0.25) is 11.8 Å². The van der Waals surface area contributed by atoms with Gasteiger partial charge in [-0.3, -0.25) is 19.1 Å². The number of halogens is 2. The number of nitrogens with two attached hydrogens (primary N) is 1. The summed E-state index contributed by atoms with van der Waals surface area (Å²) in [6.45, 7) is 2.23. The highest BCUT2D eigenvalue weighted by Crippen LogP contribution is 2.45. The van der Waals surface area contributed by atoms with Crippen LogP contribution in [0.15, 0.2) is 78.1 Å². The molecule has 1 aliphatic heterocycles. The van der Waals surface area contributed by atoms with Gasteiger partial charge in [0.15, 0.2) is 11.4 Å². The summed E-state index contributed by atoms with van der Waals surface area (Å²) in [5.74, 6) is 4.46. The van der Waals surface area contributed by atoms with Gasteiger partial charge in [-0.05, 0) is 74.3 Å². The van der Waals surface area contributed by atoms with Gasteiger partial charge in [0.1, 0.15) is 23.6 Å². The van der Waals surface area contributed by atoms with Crippen molar-refractivity contribution in [3.8, 4) is 23.5 Å². The van der Waals surface area contributed by atoms with Crippen LogP contribution in [0.1, 0.15) is 55.0 Å². The molecule has 6 rings (SSSR count). The fraction of sp³-hybridized carbons (Fsp3) is 0.361. The SMILES string of the molecule is Cc1nccnc1C#C[C@@]1(F)CC[C@@H](C(=O)N2CCC(O)(Cn3cnc(Oc4ccc(F)cc4)c(N)c3=O)CC2)[C@H](c2ccccc2)C1. The zero-order chi connectivity index (χ0) is 33.9. The van der Waals surface area contributed by atoms with E-state index in [1.165, 1.54) is 41.4 Å². The van der Waals surface area contributed by atoms with Crippen molar-refractivity contribution in [1.29, 1.82) is 0 Å². The van der Waals surface area contributed by atoms with Gasteiger partial charge in [-0.1, -0.05) is 36.3 Å². The molecular formula is C36H36F2N6O4. The Kier molecular flexibility index (Phi) is 9.24. The summed E-state index contributed by atoms with van der Waals surface area (Å²) in [5, 5.41) is 11.4. The largest absolute Gasteiger partial charge is 0.437 e. The fourth-order valence-corrected chi connectivity index (χ4v) is 6.49. The summed E-state index contributed by atoms with van der Waals surface area (Å²) >= 11 is 0. The second-order valence-corrected chi connectivity index (χ2v) is 12.6. The lowest BCUT2D eigenvalue weighted by Crippen LogP contribution is -2.52. The number of benzene rings is 2. The van der Waals surface area contributed by atoms with Gasteiger partial charge < -0.3 is 20.5 Å². The molecule has 2 aromatic carbocycles. The topological polar surface area (TPSA) is 136 Å². The number of likely N-dealkylation sites (tertiary alicyclic amines) is 1. The maximum absolute atomic E-state index is 16.3. The predicted molar refractivity (Wildman–Crippen MR) is 174 cm³/mol. The number of aryl methyl sites for hydroxylation is 1. The molecule has 2 fully saturated rings. The molecule has 0 spiro atoms. The molecule has 0 radical (unpaired) electrons. The molecule has 0 unspecified atom stereocenters. The molecule has 0 bridgehead atoms. The van der Waals surface area contributed by atoms with Crippen LogP contribution in [0.25, 0.3) is 0 Å². The minimum Gasteiger partial charge on any atom is -0.437 e. The Morgan fingerprint density at radius 2 is 1.77 bits per heavy atom. The van der Waals surface area contributed by atoms with E-state index in [0.717, 1.165) is 5.56 Å². The number of hydrogen-bond acceptors (Lipinski definition) is 8. The maximum atomic E-state index is 16.3. The summed E-state index contributed by atoms with van der Waals surface area (Å²) in [7, 11) is 0. The molecule has 1 amide bonds. The molecule has 48 heavy (non-hydrogen) atoms. The second kappa shape index (κ2) is 13.5. The summed E-state index contributed by atoms with van der Waals surface area (Å²) in [5.41, 5.74) is 4.02. The summed E-state index contributed by atoms with van der Waals surface area (Å²) in [6, 6.07) is 14.7. The Morgan fingerprint density at radius 3 is 2.48 bits per heavy atom. The number of ether oxygens (including phenoxy) is 1. The lowest BCUT2D eigenvalue weighted by atomic mass is 9.69. The molecule has 1 saturated heterocycles. The number of nitrogen functional groups attached to an aromatic ring is 1. The average Bonchev–Trinajstić information content (AvgIpc) is 3.09. The number of anilines is 1. The Bertz CT molecular complexity index is 1900. The molecular weight excluding hydrogens is 618 g/mol. The molecule has 2 aliphatic rings. The highest BCUT2D eigenvalue weighted by atomic mass is 19.1. The number of piperidine rings is 1. The van der Waals surface area contributed by atoms with Crippen molar-refractivity contribution in [3.05, 3.63) is 106 Å². The predicted octanol–water partition coefficient (Wildman–Crippen LogP) is 4.55. The van der Waals surface area contributed by atoms with Crippen molar-refractivity contribution in [2.24, 2.45) is 5.92 Å². The van der Waals surface area contributed by atoms with E-state index in [1.54, 1.807) is 18.0 Å². The van der Waals surface area contributed by atoms with Gasteiger partial charge in [0.25, 0.3) is 5.56 Å². The van der Waals surface area contributed by atoms with Gasteiger partial charge >= 0.3 is 0 Å². The molecule has 2 aromatic heterocycles. The van der Waals surface area contributed by atoms with E-state index in [-0.39, 0.29) is 68.5 Å². The molecule has 12 heteroatoms. The maximum Gasteiger partial charge on any atom is 0.280 e. The van der Waals surface area contributed by atoms with E-state index in [2.05, 4.69) is 26.8 Å². The van der Waals surface area contributed by atoms with E-state index >= 15 is 4.39 Å². The van der Waals surface area contributed by atoms with E-state index in [4.69, 9.17) is 10.5 Å². The minimum atomic E-state index is -1.80. The Hall–Kier alpha value is -5.15. The number of alkyl halides is 1. The van der Waals surface area contributed by atoms with Crippen molar-refractivity contribution < 1.29 is 23.4 Å². The number of amides is 1. The lowest BCUT2D eigenvalue weighted by molar-refractivity contribution is -0.142. The van der Waals surface area contributed by atoms with Crippen molar-refractivity contribution in [1.82, 2.24) is 24.4 Å². The van der Waals surface area contributed by atoms with Crippen LogP contribution in [0, 0.1) is 30.5 Å². The van der Waals surface area contributed by atoms with Gasteiger partial charge in [-0.15, -0.1) is 0 Å².